The number of rotatable bonds is 4. The van der Waals surface area contributed by atoms with Crippen LogP contribution in [0.15, 0.2) is 29.2 Å². The fourth-order valence-electron chi connectivity index (χ4n) is 2.16. The summed E-state index contributed by atoms with van der Waals surface area (Å²) in [5, 5.41) is 2.93. The second-order valence-electron chi connectivity index (χ2n) is 4.70. The molecule has 2 rings (SSSR count). The molecule has 1 atom stereocenters. The molecule has 0 aliphatic heterocycles. The van der Waals surface area contributed by atoms with Crippen LogP contribution in [0.2, 0.25) is 0 Å². The lowest BCUT2D eigenvalue weighted by atomic mass is 10.2. The molecule has 1 amide bonds. The highest BCUT2D eigenvalue weighted by molar-refractivity contribution is 8.00. The van der Waals surface area contributed by atoms with Crippen molar-refractivity contribution in [3.05, 3.63) is 30.1 Å². The summed E-state index contributed by atoms with van der Waals surface area (Å²) in [6, 6.07) is 6.61. The van der Waals surface area contributed by atoms with Crippen LogP contribution >= 0.6 is 11.8 Å². The molecule has 0 radical (unpaired) electrons. The molecule has 1 saturated carbocycles. The highest BCUT2D eigenvalue weighted by atomic mass is 32.2. The summed E-state index contributed by atoms with van der Waals surface area (Å²) in [7, 11) is 0. The van der Waals surface area contributed by atoms with E-state index in [0.717, 1.165) is 17.7 Å². The number of hydrogen-bond acceptors (Lipinski definition) is 2. The molecule has 1 aliphatic rings. The van der Waals surface area contributed by atoms with Gasteiger partial charge >= 0.3 is 0 Å². The van der Waals surface area contributed by atoms with E-state index in [1.807, 2.05) is 6.92 Å². The first-order chi connectivity index (χ1) is 8.65. The molecule has 2 nitrogen and oxygen atoms in total. The van der Waals surface area contributed by atoms with Gasteiger partial charge in [-0.3, -0.25) is 4.79 Å². The standard InChI is InChI=1S/C14H18FNOS/c1-10(14(17)16-12-4-2-3-5-12)18-13-8-6-11(15)7-9-13/h6-10,12H,2-5H2,1H3,(H,16,17). The van der Waals surface area contributed by atoms with E-state index in [4.69, 9.17) is 0 Å². The number of benzene rings is 1. The predicted octanol–water partition coefficient (Wildman–Crippen LogP) is 3.37. The topological polar surface area (TPSA) is 29.1 Å². The fourth-order valence-corrected chi connectivity index (χ4v) is 3.04. The van der Waals surface area contributed by atoms with Gasteiger partial charge in [-0.1, -0.05) is 12.8 Å². The number of carbonyl (C=O) groups is 1. The molecule has 0 bridgehead atoms. The van der Waals surface area contributed by atoms with Gasteiger partial charge in [0, 0.05) is 10.9 Å². The summed E-state index contributed by atoms with van der Waals surface area (Å²) in [5.74, 6) is -0.168. The molecule has 1 aliphatic carbocycles. The fraction of sp³-hybridized carbons (Fsp3) is 0.500. The number of amides is 1. The van der Waals surface area contributed by atoms with E-state index in [0.29, 0.717) is 6.04 Å². The van der Waals surface area contributed by atoms with Gasteiger partial charge in [-0.25, -0.2) is 4.39 Å². The molecule has 1 fully saturated rings. The second-order valence-corrected chi connectivity index (χ2v) is 6.12. The SMILES string of the molecule is CC(Sc1ccc(F)cc1)C(=O)NC1CCCC1. The van der Waals surface area contributed by atoms with Gasteiger partial charge in [-0.05, 0) is 44.0 Å². The summed E-state index contributed by atoms with van der Waals surface area (Å²) in [5.41, 5.74) is 0. The van der Waals surface area contributed by atoms with Crippen molar-refractivity contribution in [2.45, 2.75) is 48.8 Å². The molecule has 1 N–H and O–H groups in total. The van der Waals surface area contributed by atoms with Crippen LogP contribution in [0.1, 0.15) is 32.6 Å². The van der Waals surface area contributed by atoms with E-state index in [-0.39, 0.29) is 17.0 Å². The molecule has 0 aromatic heterocycles. The molecule has 0 saturated heterocycles. The summed E-state index contributed by atoms with van der Waals surface area (Å²) in [6.07, 6.45) is 4.62. The molecule has 1 aromatic rings. The Morgan fingerprint density at radius 3 is 2.56 bits per heavy atom. The van der Waals surface area contributed by atoms with Crippen molar-refractivity contribution in [3.8, 4) is 0 Å². The van der Waals surface area contributed by atoms with Gasteiger partial charge in [0.15, 0.2) is 0 Å². The molecular formula is C14H18FNOS. The molecule has 1 unspecified atom stereocenters. The first-order valence-corrected chi connectivity index (χ1v) is 7.26. The van der Waals surface area contributed by atoms with Crippen molar-refractivity contribution in [1.82, 2.24) is 5.32 Å². The average Bonchev–Trinajstić information content (AvgIpc) is 2.85. The first-order valence-electron chi connectivity index (χ1n) is 6.38. The maximum absolute atomic E-state index is 12.8. The summed E-state index contributed by atoms with van der Waals surface area (Å²) in [6.45, 7) is 1.89. The van der Waals surface area contributed by atoms with Gasteiger partial charge in [0.05, 0.1) is 5.25 Å². The second kappa shape index (κ2) is 6.23. The van der Waals surface area contributed by atoms with Crippen LogP contribution < -0.4 is 5.32 Å². The van der Waals surface area contributed by atoms with Crippen LogP contribution in [0.5, 0.6) is 0 Å². The third kappa shape index (κ3) is 3.73. The number of carbonyl (C=O) groups excluding carboxylic acids is 1. The van der Waals surface area contributed by atoms with Crippen LogP contribution in [-0.4, -0.2) is 17.2 Å². The lowest BCUT2D eigenvalue weighted by molar-refractivity contribution is -0.120. The smallest absolute Gasteiger partial charge is 0.233 e. The minimum absolute atomic E-state index is 0.0798. The molecular weight excluding hydrogens is 249 g/mol. The Hall–Kier alpha value is -1.03. The van der Waals surface area contributed by atoms with Gasteiger partial charge in [-0.2, -0.15) is 0 Å². The van der Waals surface area contributed by atoms with E-state index in [2.05, 4.69) is 5.32 Å². The van der Waals surface area contributed by atoms with Crippen molar-refractivity contribution in [2.75, 3.05) is 0 Å². The third-order valence-electron chi connectivity index (χ3n) is 3.20. The van der Waals surface area contributed by atoms with Crippen molar-refractivity contribution in [3.63, 3.8) is 0 Å². The maximum Gasteiger partial charge on any atom is 0.233 e. The quantitative estimate of drug-likeness (QED) is 0.847. The van der Waals surface area contributed by atoms with Crippen LogP contribution in [0.3, 0.4) is 0 Å². The lowest BCUT2D eigenvalue weighted by Crippen LogP contribution is -2.37. The van der Waals surface area contributed by atoms with Gasteiger partial charge < -0.3 is 5.32 Å². The number of halogens is 1. The third-order valence-corrected chi connectivity index (χ3v) is 4.31. The maximum atomic E-state index is 12.8. The van der Waals surface area contributed by atoms with Crippen LogP contribution in [-0.2, 0) is 4.79 Å². The highest BCUT2D eigenvalue weighted by Gasteiger charge is 2.21. The minimum Gasteiger partial charge on any atom is -0.352 e. The predicted molar refractivity (Wildman–Crippen MR) is 72.1 cm³/mol. The molecule has 4 heteroatoms. The summed E-state index contributed by atoms with van der Waals surface area (Å²) >= 11 is 1.47. The largest absolute Gasteiger partial charge is 0.352 e. The number of thioether (sulfide) groups is 1. The van der Waals surface area contributed by atoms with Crippen LogP contribution in [0.4, 0.5) is 4.39 Å². The highest BCUT2D eigenvalue weighted by Crippen LogP contribution is 2.24. The van der Waals surface area contributed by atoms with Crippen molar-refractivity contribution in [1.29, 1.82) is 0 Å². The molecule has 0 heterocycles. The van der Waals surface area contributed by atoms with Gasteiger partial charge in [0.1, 0.15) is 5.82 Å². The summed E-state index contributed by atoms with van der Waals surface area (Å²) < 4.78 is 12.8. The molecule has 18 heavy (non-hydrogen) atoms. The van der Waals surface area contributed by atoms with Crippen LogP contribution in [0.25, 0.3) is 0 Å². The minimum atomic E-state index is -0.248. The van der Waals surface area contributed by atoms with E-state index >= 15 is 0 Å². The average molecular weight is 267 g/mol. The zero-order valence-corrected chi connectivity index (χ0v) is 11.3. The van der Waals surface area contributed by atoms with Crippen LogP contribution in [0, 0.1) is 5.82 Å². The Bertz CT molecular complexity index is 401. The van der Waals surface area contributed by atoms with Gasteiger partial charge in [0.25, 0.3) is 0 Å². The molecule has 0 spiro atoms. The molecule has 98 valence electrons. The van der Waals surface area contributed by atoms with Crippen molar-refractivity contribution < 1.29 is 9.18 Å². The monoisotopic (exact) mass is 267 g/mol. The van der Waals surface area contributed by atoms with E-state index in [1.165, 1.54) is 36.7 Å². The normalized spacial score (nSPS) is 17.7. The van der Waals surface area contributed by atoms with Gasteiger partial charge in [0.2, 0.25) is 5.91 Å². The zero-order chi connectivity index (χ0) is 13.0. The Kier molecular flexibility index (Phi) is 4.64. The van der Waals surface area contributed by atoms with E-state index in [9.17, 15) is 9.18 Å². The number of hydrogen-bond donors (Lipinski definition) is 1. The lowest BCUT2D eigenvalue weighted by Gasteiger charge is -2.16. The number of nitrogens with one attached hydrogen (secondary N) is 1. The molecule has 1 aromatic carbocycles. The summed E-state index contributed by atoms with van der Waals surface area (Å²) in [4.78, 5) is 12.9. The van der Waals surface area contributed by atoms with E-state index < -0.39 is 0 Å². The Morgan fingerprint density at radius 1 is 1.33 bits per heavy atom. The van der Waals surface area contributed by atoms with E-state index in [1.54, 1.807) is 12.1 Å². The Morgan fingerprint density at radius 2 is 1.94 bits per heavy atom. The Labute approximate surface area is 111 Å². The van der Waals surface area contributed by atoms with Crippen molar-refractivity contribution >= 4 is 17.7 Å². The Balaban J connectivity index is 1.84. The van der Waals surface area contributed by atoms with Gasteiger partial charge in [-0.15, -0.1) is 11.8 Å². The zero-order valence-electron chi connectivity index (χ0n) is 10.5. The first kappa shape index (κ1) is 13.4. The van der Waals surface area contributed by atoms with Crippen molar-refractivity contribution in [2.24, 2.45) is 0 Å².